The van der Waals surface area contributed by atoms with Crippen LogP contribution < -0.4 is 27.0 Å². The van der Waals surface area contributed by atoms with Gasteiger partial charge in [-0.1, -0.05) is 34.1 Å². The zero-order valence-corrected chi connectivity index (χ0v) is 26.3. The van der Waals surface area contributed by atoms with Crippen molar-refractivity contribution in [3.05, 3.63) is 12.2 Å². The number of nitrogens with one attached hydrogen (secondary N) is 4. The molecule has 0 aliphatic carbocycles. The fourth-order valence-corrected chi connectivity index (χ4v) is 4.96. The summed E-state index contributed by atoms with van der Waals surface area (Å²) in [5.74, 6) is -5.69. The largest absolute Gasteiger partial charge is 0.352 e. The molecule has 17 heteroatoms. The van der Waals surface area contributed by atoms with Crippen LogP contribution in [0.25, 0.3) is 0 Å². The molecule has 0 bridgehead atoms. The number of Topliss-reactive ketones (excluding diaryl/α,β-unsaturated/α-hetero) is 1. The Hall–Kier alpha value is -3.86. The SMILES string of the molecule is CC(C)C(=O)[C@@H](CCCNC(N)=O)NC(=O)[C@H](NC(=O)[C@@H](CS(=O)(=O)O)NC(=O)CCCCCN1C(=O)C=CC1=O)C(C)C. The Morgan fingerprint density at radius 3 is 2.00 bits per heavy atom. The molecule has 0 aromatic carbocycles. The quantitative estimate of drug-likeness (QED) is 0.0543. The molecule has 0 aromatic rings. The molecule has 0 aromatic heterocycles. The fraction of sp³-hybridized carbons (Fsp3) is 0.667. The predicted molar refractivity (Wildman–Crippen MR) is 158 cm³/mol. The zero-order chi connectivity index (χ0) is 33.6. The van der Waals surface area contributed by atoms with Crippen LogP contribution in [0.2, 0.25) is 0 Å². The first kappa shape index (κ1) is 38.2. The van der Waals surface area contributed by atoms with Crippen LogP contribution in [0, 0.1) is 11.8 Å². The highest BCUT2D eigenvalue weighted by atomic mass is 32.2. The number of unbranched alkanes of at least 4 members (excludes halogenated alkanes) is 2. The summed E-state index contributed by atoms with van der Waals surface area (Å²) in [5.41, 5.74) is 5.05. The number of primary amides is 1. The van der Waals surface area contributed by atoms with Crippen LogP contribution in [0.4, 0.5) is 4.79 Å². The summed E-state index contributed by atoms with van der Waals surface area (Å²) >= 11 is 0. The maximum Gasteiger partial charge on any atom is 0.312 e. The van der Waals surface area contributed by atoms with Crippen LogP contribution in [0.1, 0.15) is 66.2 Å². The molecule has 0 unspecified atom stereocenters. The van der Waals surface area contributed by atoms with Gasteiger partial charge in [-0.05, 0) is 31.6 Å². The van der Waals surface area contributed by atoms with Gasteiger partial charge in [-0.2, -0.15) is 8.42 Å². The third kappa shape index (κ3) is 14.1. The van der Waals surface area contributed by atoms with Crippen LogP contribution in [-0.2, 0) is 38.9 Å². The first-order valence-electron chi connectivity index (χ1n) is 14.4. The topological polar surface area (TPSA) is 251 Å². The average Bonchev–Trinajstić information content (AvgIpc) is 3.23. The van der Waals surface area contributed by atoms with E-state index in [2.05, 4.69) is 21.3 Å². The summed E-state index contributed by atoms with van der Waals surface area (Å²) in [6, 6.07) is -4.65. The Labute approximate surface area is 257 Å². The molecule has 0 saturated heterocycles. The van der Waals surface area contributed by atoms with Gasteiger partial charge in [0.1, 0.15) is 17.8 Å². The third-order valence-corrected chi connectivity index (χ3v) is 7.41. The Morgan fingerprint density at radius 1 is 0.864 bits per heavy atom. The lowest BCUT2D eigenvalue weighted by Gasteiger charge is -2.27. The first-order valence-corrected chi connectivity index (χ1v) is 16.0. The number of hydrogen-bond donors (Lipinski definition) is 6. The van der Waals surface area contributed by atoms with E-state index < -0.39 is 81.4 Å². The number of nitrogens with two attached hydrogens (primary N) is 1. The summed E-state index contributed by atoms with van der Waals surface area (Å²) in [7, 11) is -4.73. The molecule has 0 radical (unpaired) electrons. The second-order valence-corrected chi connectivity index (χ2v) is 12.6. The number of urea groups is 1. The number of rotatable bonds is 20. The highest BCUT2D eigenvalue weighted by molar-refractivity contribution is 7.85. The van der Waals surface area contributed by atoms with E-state index in [1.807, 2.05) is 0 Å². The van der Waals surface area contributed by atoms with Crippen molar-refractivity contribution in [3.63, 3.8) is 0 Å². The standard InChI is InChI=1S/C27H44N6O10S/c1-16(2)23(26(39)31-18(24(37)17(3)4)9-8-13-29-27(28)40)32-25(38)19(15-44(41,42)43)30-20(34)10-6-5-7-14-33-21(35)11-12-22(33)36/h11-12,16-19,23H,5-10,13-15H2,1-4H3,(H,30,34)(H,31,39)(H,32,38)(H3,28,29,40)(H,41,42,43)/t18-,19-,23-/m1/s1. The highest BCUT2D eigenvalue weighted by Crippen LogP contribution is 2.11. The molecule has 1 aliphatic heterocycles. The van der Waals surface area contributed by atoms with Gasteiger partial charge in [-0.25, -0.2) is 4.79 Å². The number of nitrogens with zero attached hydrogens (tertiary/aromatic N) is 1. The normalized spacial score (nSPS) is 15.2. The van der Waals surface area contributed by atoms with Gasteiger partial charge in [-0.3, -0.25) is 38.2 Å². The van der Waals surface area contributed by atoms with Crippen molar-refractivity contribution in [1.29, 1.82) is 0 Å². The number of carbonyl (C=O) groups excluding carboxylic acids is 7. The van der Waals surface area contributed by atoms with Crippen LogP contribution in [-0.4, -0.2) is 96.2 Å². The van der Waals surface area contributed by atoms with E-state index in [1.165, 1.54) is 12.2 Å². The van der Waals surface area contributed by atoms with E-state index in [9.17, 15) is 46.5 Å². The first-order chi connectivity index (χ1) is 20.4. The van der Waals surface area contributed by atoms with Crippen LogP contribution >= 0.6 is 0 Å². The van der Waals surface area contributed by atoms with Crippen molar-refractivity contribution in [2.75, 3.05) is 18.8 Å². The van der Waals surface area contributed by atoms with Gasteiger partial charge in [0.25, 0.3) is 21.9 Å². The number of ketones is 1. The minimum Gasteiger partial charge on any atom is -0.352 e. The minimum atomic E-state index is -4.73. The number of amides is 7. The molecule has 0 spiro atoms. The lowest BCUT2D eigenvalue weighted by Crippen LogP contribution is -2.58. The van der Waals surface area contributed by atoms with Crippen molar-refractivity contribution in [1.82, 2.24) is 26.2 Å². The molecular formula is C27H44N6O10S. The van der Waals surface area contributed by atoms with E-state index in [-0.39, 0.29) is 31.7 Å². The molecule has 1 rings (SSSR count). The molecule has 0 saturated carbocycles. The van der Waals surface area contributed by atoms with Crippen molar-refractivity contribution in [3.8, 4) is 0 Å². The van der Waals surface area contributed by atoms with E-state index in [4.69, 9.17) is 5.73 Å². The molecule has 16 nitrogen and oxygen atoms in total. The van der Waals surface area contributed by atoms with E-state index >= 15 is 0 Å². The molecule has 0 fully saturated rings. The van der Waals surface area contributed by atoms with Gasteiger partial charge in [0.2, 0.25) is 17.7 Å². The van der Waals surface area contributed by atoms with Gasteiger partial charge >= 0.3 is 6.03 Å². The second-order valence-electron chi connectivity index (χ2n) is 11.1. The van der Waals surface area contributed by atoms with Gasteiger partial charge in [0.15, 0.2) is 5.78 Å². The van der Waals surface area contributed by atoms with E-state index in [1.54, 1.807) is 27.7 Å². The van der Waals surface area contributed by atoms with Crippen LogP contribution in [0.5, 0.6) is 0 Å². The van der Waals surface area contributed by atoms with E-state index in [0.717, 1.165) is 4.90 Å². The smallest absolute Gasteiger partial charge is 0.312 e. The van der Waals surface area contributed by atoms with Crippen molar-refractivity contribution < 1.29 is 46.5 Å². The lowest BCUT2D eigenvalue weighted by molar-refractivity contribution is -0.137. The van der Waals surface area contributed by atoms with Crippen LogP contribution in [0.15, 0.2) is 12.2 Å². The molecule has 7 N–H and O–H groups in total. The van der Waals surface area contributed by atoms with Crippen molar-refractivity contribution in [2.24, 2.45) is 17.6 Å². The molecule has 1 heterocycles. The Morgan fingerprint density at radius 2 is 1.48 bits per heavy atom. The summed E-state index contributed by atoms with van der Waals surface area (Å²) in [4.78, 5) is 86.7. The number of carbonyl (C=O) groups is 7. The van der Waals surface area contributed by atoms with E-state index in [0.29, 0.717) is 25.7 Å². The molecule has 248 valence electrons. The average molecular weight is 645 g/mol. The molecule has 44 heavy (non-hydrogen) atoms. The molecule has 1 aliphatic rings. The number of imide groups is 1. The summed E-state index contributed by atoms with van der Waals surface area (Å²) in [6.45, 7) is 6.86. The molecular weight excluding hydrogens is 600 g/mol. The minimum absolute atomic E-state index is 0.118. The Balaban J connectivity index is 2.83. The Bertz CT molecular complexity index is 1200. The number of hydrogen-bond acceptors (Lipinski definition) is 9. The predicted octanol–water partition coefficient (Wildman–Crippen LogP) is -0.856. The van der Waals surface area contributed by atoms with Gasteiger partial charge in [0, 0.05) is 37.6 Å². The monoisotopic (exact) mass is 644 g/mol. The fourth-order valence-electron chi connectivity index (χ4n) is 4.30. The summed E-state index contributed by atoms with van der Waals surface area (Å²) < 4.78 is 32.6. The summed E-state index contributed by atoms with van der Waals surface area (Å²) in [5, 5.41) is 9.69. The summed E-state index contributed by atoms with van der Waals surface area (Å²) in [6.07, 6.45) is 3.88. The van der Waals surface area contributed by atoms with Crippen molar-refractivity contribution in [2.45, 2.75) is 84.3 Å². The van der Waals surface area contributed by atoms with Crippen molar-refractivity contribution >= 4 is 51.5 Å². The highest BCUT2D eigenvalue weighted by Gasteiger charge is 2.33. The van der Waals surface area contributed by atoms with Gasteiger partial charge in [0.05, 0.1) is 6.04 Å². The molecule has 3 atom stereocenters. The third-order valence-electron chi connectivity index (χ3n) is 6.66. The van der Waals surface area contributed by atoms with Crippen LogP contribution in [0.3, 0.4) is 0 Å². The Kier molecular flexibility index (Phi) is 15.7. The zero-order valence-electron chi connectivity index (χ0n) is 25.5. The lowest BCUT2D eigenvalue weighted by atomic mass is 9.96. The van der Waals surface area contributed by atoms with Gasteiger partial charge in [-0.15, -0.1) is 0 Å². The maximum atomic E-state index is 13.2. The van der Waals surface area contributed by atoms with Gasteiger partial charge < -0.3 is 27.0 Å². The molecule has 7 amide bonds. The maximum absolute atomic E-state index is 13.2. The second kappa shape index (κ2) is 18.1.